The van der Waals surface area contributed by atoms with E-state index in [9.17, 15) is 14.4 Å². The van der Waals surface area contributed by atoms with Gasteiger partial charge in [0.1, 0.15) is 12.1 Å². The van der Waals surface area contributed by atoms with E-state index in [-0.39, 0.29) is 42.3 Å². The summed E-state index contributed by atoms with van der Waals surface area (Å²) in [7, 11) is 0. The quantitative estimate of drug-likeness (QED) is 0.583. The van der Waals surface area contributed by atoms with Gasteiger partial charge >= 0.3 is 5.97 Å². The summed E-state index contributed by atoms with van der Waals surface area (Å²) in [6.45, 7) is 4.61. The molecule has 1 aliphatic carbocycles. The number of rotatable bonds is 6. The Bertz CT molecular complexity index is 671. The van der Waals surface area contributed by atoms with Crippen molar-refractivity contribution in [2.45, 2.75) is 63.6 Å². The maximum absolute atomic E-state index is 13.1. The molecule has 1 unspecified atom stereocenters. The number of nitrogens with one attached hydrogen (secondary N) is 2. The molecule has 9 nitrogen and oxygen atoms in total. The predicted octanol–water partition coefficient (Wildman–Crippen LogP) is 0.0129. The Labute approximate surface area is 178 Å². The molecule has 0 aromatic heterocycles. The fourth-order valence-corrected chi connectivity index (χ4v) is 4.73. The van der Waals surface area contributed by atoms with Crippen molar-refractivity contribution in [3.8, 4) is 6.07 Å². The van der Waals surface area contributed by atoms with Crippen molar-refractivity contribution < 1.29 is 19.1 Å². The van der Waals surface area contributed by atoms with Gasteiger partial charge in [-0.05, 0) is 45.4 Å². The molecule has 0 bridgehead atoms. The highest BCUT2D eigenvalue weighted by Gasteiger charge is 2.37. The molecule has 3 fully saturated rings. The third kappa shape index (κ3) is 5.29. The molecule has 9 heteroatoms. The van der Waals surface area contributed by atoms with E-state index in [2.05, 4.69) is 16.7 Å². The Morgan fingerprint density at radius 2 is 1.90 bits per heavy atom. The van der Waals surface area contributed by atoms with Gasteiger partial charge in [-0.1, -0.05) is 0 Å². The zero-order valence-corrected chi connectivity index (χ0v) is 17.8. The molecule has 166 valence electrons. The number of nitrogens with zero attached hydrogens (tertiary/aromatic N) is 3. The molecular formula is C21H33N5O4. The summed E-state index contributed by atoms with van der Waals surface area (Å²) in [5.41, 5.74) is 0. The fraction of sp³-hybridized carbons (Fsp3) is 0.810. The van der Waals surface area contributed by atoms with Crippen LogP contribution >= 0.6 is 0 Å². The van der Waals surface area contributed by atoms with Crippen LogP contribution in [0.15, 0.2) is 0 Å². The Kier molecular flexibility index (Phi) is 8.05. The van der Waals surface area contributed by atoms with Gasteiger partial charge in [-0.2, -0.15) is 5.26 Å². The molecular weight excluding hydrogens is 386 g/mol. The Morgan fingerprint density at radius 3 is 2.60 bits per heavy atom. The zero-order valence-electron chi connectivity index (χ0n) is 17.8. The lowest BCUT2D eigenvalue weighted by molar-refractivity contribution is -0.157. The second-order valence-electron chi connectivity index (χ2n) is 8.31. The van der Waals surface area contributed by atoms with Gasteiger partial charge in [0, 0.05) is 38.1 Å². The van der Waals surface area contributed by atoms with Crippen molar-refractivity contribution in [1.29, 1.82) is 5.26 Å². The SMILES string of the molecule is CCOC(=O)C1CNCCN1C(=O)C1CCC(NCC(=O)N2CCC[C@H]2C#N)CC1. The minimum Gasteiger partial charge on any atom is -0.464 e. The molecule has 2 heterocycles. The van der Waals surface area contributed by atoms with Crippen molar-refractivity contribution >= 4 is 17.8 Å². The number of piperazine rings is 1. The predicted molar refractivity (Wildman–Crippen MR) is 109 cm³/mol. The van der Waals surface area contributed by atoms with Crippen molar-refractivity contribution in [2.24, 2.45) is 5.92 Å². The van der Waals surface area contributed by atoms with E-state index in [4.69, 9.17) is 10.00 Å². The number of hydrogen-bond acceptors (Lipinski definition) is 7. The van der Waals surface area contributed by atoms with Crippen LogP contribution in [0.5, 0.6) is 0 Å². The topological polar surface area (TPSA) is 115 Å². The van der Waals surface area contributed by atoms with Gasteiger partial charge in [-0.3, -0.25) is 9.59 Å². The van der Waals surface area contributed by atoms with Crippen LogP contribution in [0.4, 0.5) is 0 Å². The molecule has 2 N–H and O–H groups in total. The third-order valence-electron chi connectivity index (χ3n) is 6.43. The first-order valence-electron chi connectivity index (χ1n) is 11.2. The van der Waals surface area contributed by atoms with Gasteiger partial charge in [0.05, 0.1) is 19.2 Å². The maximum Gasteiger partial charge on any atom is 0.330 e. The van der Waals surface area contributed by atoms with Crippen LogP contribution in [0.25, 0.3) is 0 Å². The fourth-order valence-electron chi connectivity index (χ4n) is 4.73. The van der Waals surface area contributed by atoms with Crippen molar-refractivity contribution in [2.75, 3.05) is 39.3 Å². The normalized spacial score (nSPS) is 29.3. The summed E-state index contributed by atoms with van der Waals surface area (Å²) in [6, 6.07) is 1.56. The van der Waals surface area contributed by atoms with Crippen LogP contribution in [0, 0.1) is 17.2 Å². The minimum atomic E-state index is -0.548. The maximum atomic E-state index is 13.1. The summed E-state index contributed by atoms with van der Waals surface area (Å²) in [5.74, 6) is -0.409. The highest BCUT2D eigenvalue weighted by Crippen LogP contribution is 2.27. The van der Waals surface area contributed by atoms with Crippen LogP contribution in [-0.2, 0) is 19.1 Å². The number of likely N-dealkylation sites (tertiary alicyclic amines) is 1. The Morgan fingerprint density at radius 1 is 1.13 bits per heavy atom. The largest absolute Gasteiger partial charge is 0.464 e. The monoisotopic (exact) mass is 419 g/mol. The molecule has 3 rings (SSSR count). The van der Waals surface area contributed by atoms with E-state index in [1.165, 1.54) is 0 Å². The summed E-state index contributed by atoms with van der Waals surface area (Å²) >= 11 is 0. The van der Waals surface area contributed by atoms with Gasteiger partial charge in [0.2, 0.25) is 11.8 Å². The number of esters is 1. The number of carbonyl (C=O) groups is 3. The van der Waals surface area contributed by atoms with Crippen LogP contribution in [0.3, 0.4) is 0 Å². The number of carbonyl (C=O) groups excluding carboxylic acids is 3. The Hall–Kier alpha value is -2.18. The summed E-state index contributed by atoms with van der Waals surface area (Å²) < 4.78 is 5.14. The molecule has 2 atom stereocenters. The summed E-state index contributed by atoms with van der Waals surface area (Å²) in [4.78, 5) is 41.0. The molecule has 2 aliphatic heterocycles. The second kappa shape index (κ2) is 10.7. The minimum absolute atomic E-state index is 0.0182. The first-order chi connectivity index (χ1) is 14.5. The first-order valence-corrected chi connectivity index (χ1v) is 11.2. The molecule has 0 radical (unpaired) electrons. The lowest BCUT2D eigenvalue weighted by Crippen LogP contribution is -2.59. The molecule has 0 aromatic rings. The van der Waals surface area contributed by atoms with Crippen molar-refractivity contribution in [1.82, 2.24) is 20.4 Å². The van der Waals surface area contributed by atoms with Crippen LogP contribution < -0.4 is 10.6 Å². The number of nitriles is 1. The average molecular weight is 420 g/mol. The number of ether oxygens (including phenoxy) is 1. The van der Waals surface area contributed by atoms with Gasteiger partial charge in [-0.15, -0.1) is 0 Å². The van der Waals surface area contributed by atoms with Crippen LogP contribution in [0.1, 0.15) is 45.4 Å². The molecule has 0 spiro atoms. The van der Waals surface area contributed by atoms with E-state index in [0.29, 0.717) is 32.8 Å². The van der Waals surface area contributed by atoms with Crippen molar-refractivity contribution in [3.63, 3.8) is 0 Å². The first kappa shape index (κ1) is 22.5. The number of amides is 2. The molecule has 2 saturated heterocycles. The lowest BCUT2D eigenvalue weighted by Gasteiger charge is -2.38. The van der Waals surface area contributed by atoms with E-state index < -0.39 is 6.04 Å². The zero-order chi connectivity index (χ0) is 21.5. The lowest BCUT2D eigenvalue weighted by atomic mass is 9.84. The summed E-state index contributed by atoms with van der Waals surface area (Å²) in [6.07, 6.45) is 4.77. The van der Waals surface area contributed by atoms with Gasteiger partial charge < -0.3 is 25.2 Å². The summed E-state index contributed by atoms with van der Waals surface area (Å²) in [5, 5.41) is 15.6. The van der Waals surface area contributed by atoms with Gasteiger partial charge in [0.25, 0.3) is 0 Å². The van der Waals surface area contributed by atoms with Crippen LogP contribution in [0.2, 0.25) is 0 Å². The van der Waals surface area contributed by atoms with E-state index in [1.54, 1.807) is 16.7 Å². The van der Waals surface area contributed by atoms with E-state index in [1.807, 2.05) is 0 Å². The standard InChI is InChI=1S/C21H33N5O4/c1-2-30-21(29)18-13-23-9-11-26(18)20(28)15-5-7-16(8-6-15)24-14-19(27)25-10-3-4-17(25)12-22/h15-18,23-24H,2-11,13-14H2,1H3/t15?,16?,17-,18?/m0/s1. The van der Waals surface area contributed by atoms with Crippen LogP contribution in [-0.4, -0.2) is 85.0 Å². The highest BCUT2D eigenvalue weighted by molar-refractivity contribution is 5.86. The highest BCUT2D eigenvalue weighted by atomic mass is 16.5. The molecule has 3 aliphatic rings. The van der Waals surface area contributed by atoms with Gasteiger partial charge in [0.15, 0.2) is 0 Å². The Balaban J connectivity index is 1.45. The number of hydrogen-bond donors (Lipinski definition) is 2. The molecule has 1 saturated carbocycles. The smallest absolute Gasteiger partial charge is 0.330 e. The average Bonchev–Trinajstić information content (AvgIpc) is 3.26. The van der Waals surface area contributed by atoms with E-state index in [0.717, 1.165) is 38.5 Å². The van der Waals surface area contributed by atoms with Crippen molar-refractivity contribution in [3.05, 3.63) is 0 Å². The second-order valence-corrected chi connectivity index (χ2v) is 8.31. The third-order valence-corrected chi connectivity index (χ3v) is 6.43. The van der Waals surface area contributed by atoms with E-state index >= 15 is 0 Å². The molecule has 0 aromatic carbocycles. The molecule has 30 heavy (non-hydrogen) atoms. The van der Waals surface area contributed by atoms with Gasteiger partial charge in [-0.25, -0.2) is 4.79 Å². The molecule has 2 amide bonds.